The van der Waals surface area contributed by atoms with Gasteiger partial charge in [0.15, 0.2) is 0 Å². The lowest BCUT2D eigenvalue weighted by molar-refractivity contribution is 0.632. The van der Waals surface area contributed by atoms with Crippen molar-refractivity contribution in [2.45, 2.75) is 33.1 Å². The van der Waals surface area contributed by atoms with Crippen molar-refractivity contribution in [2.24, 2.45) is 5.73 Å². The van der Waals surface area contributed by atoms with Gasteiger partial charge in [0.05, 0.1) is 0 Å². The number of pyridine rings is 1. The standard InChI is InChI=1S/C15H19FN2/c1-10-7-11(2)18-15-13(10)8-12(9-14(15)16)5-3-4-6-17/h7-9H,3-6,17H2,1-2H3. The molecule has 1 aromatic carbocycles. The third kappa shape index (κ3) is 2.67. The molecular weight excluding hydrogens is 227 g/mol. The molecule has 2 nitrogen and oxygen atoms in total. The Balaban J connectivity index is 2.42. The first-order valence-electron chi connectivity index (χ1n) is 6.38. The summed E-state index contributed by atoms with van der Waals surface area (Å²) in [6.07, 6.45) is 2.85. The lowest BCUT2D eigenvalue weighted by atomic mass is 10.0. The summed E-state index contributed by atoms with van der Waals surface area (Å²) in [5.74, 6) is -0.220. The largest absolute Gasteiger partial charge is 0.330 e. The molecule has 0 unspecified atom stereocenters. The first-order valence-corrected chi connectivity index (χ1v) is 6.38. The molecule has 0 fully saturated rings. The minimum Gasteiger partial charge on any atom is -0.330 e. The summed E-state index contributed by atoms with van der Waals surface area (Å²) < 4.78 is 14.0. The van der Waals surface area contributed by atoms with Gasteiger partial charge in [-0.3, -0.25) is 4.98 Å². The molecule has 96 valence electrons. The molecule has 18 heavy (non-hydrogen) atoms. The number of nitrogens with zero attached hydrogens (tertiary/aromatic N) is 1. The third-order valence-corrected chi connectivity index (χ3v) is 3.18. The summed E-state index contributed by atoms with van der Waals surface area (Å²) in [5.41, 5.74) is 8.92. The topological polar surface area (TPSA) is 38.9 Å². The van der Waals surface area contributed by atoms with E-state index in [1.165, 1.54) is 0 Å². The highest BCUT2D eigenvalue weighted by Gasteiger charge is 2.08. The van der Waals surface area contributed by atoms with E-state index in [0.29, 0.717) is 12.1 Å². The van der Waals surface area contributed by atoms with Gasteiger partial charge in [0.25, 0.3) is 0 Å². The van der Waals surface area contributed by atoms with Crippen LogP contribution in [0.25, 0.3) is 10.9 Å². The summed E-state index contributed by atoms with van der Waals surface area (Å²) >= 11 is 0. The first-order chi connectivity index (χ1) is 8.61. The van der Waals surface area contributed by atoms with Crippen LogP contribution in [0.15, 0.2) is 18.2 Å². The van der Waals surface area contributed by atoms with Crippen LogP contribution in [0.1, 0.15) is 29.7 Å². The number of rotatable bonds is 4. The summed E-state index contributed by atoms with van der Waals surface area (Å²) in [7, 11) is 0. The van der Waals surface area contributed by atoms with Gasteiger partial charge in [0.2, 0.25) is 0 Å². The Morgan fingerprint density at radius 1 is 1.17 bits per heavy atom. The molecule has 1 aromatic heterocycles. The van der Waals surface area contributed by atoms with Gasteiger partial charge in [0.1, 0.15) is 11.3 Å². The van der Waals surface area contributed by atoms with E-state index in [-0.39, 0.29) is 5.82 Å². The second-order valence-electron chi connectivity index (χ2n) is 4.80. The number of hydrogen-bond acceptors (Lipinski definition) is 2. The maximum absolute atomic E-state index is 14.0. The lowest BCUT2D eigenvalue weighted by Crippen LogP contribution is -1.99. The van der Waals surface area contributed by atoms with Gasteiger partial charge in [0, 0.05) is 11.1 Å². The van der Waals surface area contributed by atoms with E-state index in [0.717, 1.165) is 41.5 Å². The number of halogens is 1. The van der Waals surface area contributed by atoms with Gasteiger partial charge >= 0.3 is 0 Å². The molecule has 0 spiro atoms. The fourth-order valence-corrected chi connectivity index (χ4v) is 2.29. The number of aromatic nitrogens is 1. The Labute approximate surface area is 107 Å². The zero-order valence-electron chi connectivity index (χ0n) is 11.0. The lowest BCUT2D eigenvalue weighted by Gasteiger charge is -2.08. The molecule has 0 bridgehead atoms. The highest BCUT2D eigenvalue weighted by molar-refractivity contribution is 5.83. The fraction of sp³-hybridized carbons (Fsp3) is 0.400. The molecule has 2 aromatic rings. The number of benzene rings is 1. The minimum atomic E-state index is -0.220. The van der Waals surface area contributed by atoms with Crippen LogP contribution >= 0.6 is 0 Å². The van der Waals surface area contributed by atoms with Crippen molar-refractivity contribution in [3.05, 3.63) is 40.8 Å². The average Bonchev–Trinajstić information content (AvgIpc) is 2.31. The maximum atomic E-state index is 14.0. The van der Waals surface area contributed by atoms with Gasteiger partial charge in [-0.05, 0) is 69.0 Å². The van der Waals surface area contributed by atoms with E-state index in [4.69, 9.17) is 5.73 Å². The summed E-state index contributed by atoms with van der Waals surface area (Å²) in [4.78, 5) is 4.28. The molecule has 0 aliphatic heterocycles. The van der Waals surface area contributed by atoms with Crippen LogP contribution in [0.5, 0.6) is 0 Å². The number of nitrogens with two attached hydrogens (primary N) is 1. The second kappa shape index (κ2) is 5.44. The molecule has 2 rings (SSSR count). The third-order valence-electron chi connectivity index (χ3n) is 3.18. The van der Waals surface area contributed by atoms with Gasteiger partial charge in [-0.25, -0.2) is 4.39 Å². The molecule has 1 heterocycles. The summed E-state index contributed by atoms with van der Waals surface area (Å²) in [5, 5.41) is 0.920. The monoisotopic (exact) mass is 246 g/mol. The van der Waals surface area contributed by atoms with Gasteiger partial charge < -0.3 is 5.73 Å². The van der Waals surface area contributed by atoms with Crippen molar-refractivity contribution in [1.29, 1.82) is 0 Å². The van der Waals surface area contributed by atoms with Gasteiger partial charge in [-0.1, -0.05) is 0 Å². The number of fused-ring (bicyclic) bond motifs is 1. The van der Waals surface area contributed by atoms with Gasteiger partial charge in [-0.15, -0.1) is 0 Å². The first kappa shape index (κ1) is 13.0. The Kier molecular flexibility index (Phi) is 3.92. The van der Waals surface area contributed by atoms with Crippen LogP contribution in [0.4, 0.5) is 4.39 Å². The van der Waals surface area contributed by atoms with E-state index in [9.17, 15) is 4.39 Å². The molecule has 0 aliphatic carbocycles. The molecule has 0 saturated carbocycles. The quantitative estimate of drug-likeness (QED) is 0.841. The maximum Gasteiger partial charge on any atom is 0.149 e. The van der Waals surface area contributed by atoms with E-state index in [2.05, 4.69) is 11.1 Å². The summed E-state index contributed by atoms with van der Waals surface area (Å²) in [6, 6.07) is 5.65. The molecule has 0 saturated heterocycles. The Bertz CT molecular complexity index is 564. The van der Waals surface area contributed by atoms with E-state index >= 15 is 0 Å². The Hall–Kier alpha value is -1.48. The van der Waals surface area contributed by atoms with E-state index in [1.54, 1.807) is 6.07 Å². The molecule has 0 aliphatic rings. The zero-order chi connectivity index (χ0) is 13.1. The van der Waals surface area contributed by atoms with Crippen LogP contribution < -0.4 is 5.73 Å². The van der Waals surface area contributed by atoms with Crippen LogP contribution in [0.2, 0.25) is 0 Å². The highest BCUT2D eigenvalue weighted by atomic mass is 19.1. The minimum absolute atomic E-state index is 0.220. The number of unbranched alkanes of at least 4 members (excludes halogenated alkanes) is 1. The Morgan fingerprint density at radius 3 is 2.67 bits per heavy atom. The van der Waals surface area contributed by atoms with Crippen molar-refractivity contribution >= 4 is 10.9 Å². The Morgan fingerprint density at radius 2 is 1.94 bits per heavy atom. The zero-order valence-corrected chi connectivity index (χ0v) is 11.0. The van der Waals surface area contributed by atoms with Crippen molar-refractivity contribution < 1.29 is 4.39 Å². The molecular formula is C15H19FN2. The van der Waals surface area contributed by atoms with Gasteiger partial charge in [-0.2, -0.15) is 0 Å². The smallest absolute Gasteiger partial charge is 0.149 e. The predicted octanol–water partition coefficient (Wildman–Crippen LogP) is 3.27. The molecule has 3 heteroatoms. The fourth-order valence-electron chi connectivity index (χ4n) is 2.29. The van der Waals surface area contributed by atoms with Crippen molar-refractivity contribution in [3.63, 3.8) is 0 Å². The number of aryl methyl sites for hydroxylation is 3. The van der Waals surface area contributed by atoms with Crippen LogP contribution in [-0.2, 0) is 6.42 Å². The van der Waals surface area contributed by atoms with E-state index < -0.39 is 0 Å². The van der Waals surface area contributed by atoms with Crippen LogP contribution in [0.3, 0.4) is 0 Å². The molecule has 0 amide bonds. The van der Waals surface area contributed by atoms with Crippen LogP contribution in [-0.4, -0.2) is 11.5 Å². The molecule has 0 atom stereocenters. The normalized spacial score (nSPS) is 11.1. The predicted molar refractivity (Wildman–Crippen MR) is 73.2 cm³/mol. The number of hydrogen-bond donors (Lipinski definition) is 1. The molecule has 0 radical (unpaired) electrons. The second-order valence-corrected chi connectivity index (χ2v) is 4.80. The van der Waals surface area contributed by atoms with E-state index in [1.807, 2.05) is 19.9 Å². The SMILES string of the molecule is Cc1cc(C)c2cc(CCCCN)cc(F)c2n1. The van der Waals surface area contributed by atoms with Crippen LogP contribution in [0, 0.1) is 19.7 Å². The summed E-state index contributed by atoms with van der Waals surface area (Å²) in [6.45, 7) is 4.58. The highest BCUT2D eigenvalue weighted by Crippen LogP contribution is 2.23. The average molecular weight is 246 g/mol. The molecule has 2 N–H and O–H groups in total. The van der Waals surface area contributed by atoms with Crippen molar-refractivity contribution in [3.8, 4) is 0 Å². The van der Waals surface area contributed by atoms with Crippen molar-refractivity contribution in [1.82, 2.24) is 4.98 Å². The van der Waals surface area contributed by atoms with Crippen molar-refractivity contribution in [2.75, 3.05) is 6.54 Å².